The number of carbonyl (C=O) groups is 2. The molecule has 5 atom stereocenters. The lowest BCUT2D eigenvalue weighted by Gasteiger charge is -2.42. The summed E-state index contributed by atoms with van der Waals surface area (Å²) in [6.07, 6.45) is -6.99. The van der Waals surface area contributed by atoms with Crippen molar-refractivity contribution in [1.82, 2.24) is 0 Å². The SMILES string of the molecule is COc1cc2c(=O)oc3c(O[C@H]4O[C@H](C)[C@H](O)[C@H](OC(C)=O)[C@H]4OC(C)=O)c(O)cc4c(=O)oc(c1O)c2c34. The molecule has 3 heterocycles. The Labute approximate surface area is 217 Å². The normalized spacial score (nSPS) is 23.3. The van der Waals surface area contributed by atoms with Crippen molar-refractivity contribution in [2.24, 2.45) is 0 Å². The number of ether oxygens (including phenoxy) is 5. The van der Waals surface area contributed by atoms with Crippen molar-refractivity contribution in [3.63, 3.8) is 0 Å². The summed E-state index contributed by atoms with van der Waals surface area (Å²) in [5.74, 6) is -3.52. The maximum Gasteiger partial charge on any atom is 0.344 e. The zero-order chi connectivity index (χ0) is 28.3. The van der Waals surface area contributed by atoms with E-state index in [1.54, 1.807) is 0 Å². The number of hydrogen-bond acceptors (Lipinski definition) is 14. The maximum absolute atomic E-state index is 13.0. The molecule has 0 aliphatic carbocycles. The van der Waals surface area contributed by atoms with Gasteiger partial charge >= 0.3 is 23.2 Å². The van der Waals surface area contributed by atoms with Gasteiger partial charge in [0.25, 0.3) is 0 Å². The van der Waals surface area contributed by atoms with Crippen LogP contribution in [0.1, 0.15) is 20.8 Å². The van der Waals surface area contributed by atoms with Gasteiger partial charge in [0, 0.05) is 24.6 Å². The van der Waals surface area contributed by atoms with E-state index in [0.717, 1.165) is 19.9 Å². The van der Waals surface area contributed by atoms with Gasteiger partial charge in [-0.05, 0) is 19.1 Å². The van der Waals surface area contributed by atoms with Gasteiger partial charge in [-0.1, -0.05) is 0 Å². The van der Waals surface area contributed by atoms with E-state index in [0.29, 0.717) is 0 Å². The first-order valence-electron chi connectivity index (χ1n) is 11.6. The number of aromatic hydroxyl groups is 2. The summed E-state index contributed by atoms with van der Waals surface area (Å²) in [5.41, 5.74) is -2.72. The molecule has 3 N–H and O–H groups in total. The second-order valence-corrected chi connectivity index (χ2v) is 8.90. The van der Waals surface area contributed by atoms with E-state index in [9.17, 15) is 34.5 Å². The summed E-state index contributed by atoms with van der Waals surface area (Å²) in [6.45, 7) is 3.59. The monoisotopic (exact) mass is 546 g/mol. The van der Waals surface area contributed by atoms with E-state index in [4.69, 9.17) is 32.5 Å². The Balaban J connectivity index is 1.75. The molecule has 0 amide bonds. The van der Waals surface area contributed by atoms with Gasteiger partial charge in [-0.15, -0.1) is 0 Å². The zero-order valence-corrected chi connectivity index (χ0v) is 20.9. The fraction of sp³-hybridized carbons (Fsp3) is 0.360. The molecule has 2 aromatic carbocycles. The van der Waals surface area contributed by atoms with Crippen LogP contribution in [0.4, 0.5) is 0 Å². The van der Waals surface area contributed by atoms with Crippen molar-refractivity contribution < 1.29 is 57.4 Å². The Morgan fingerprint density at radius 3 is 2.08 bits per heavy atom. The van der Waals surface area contributed by atoms with E-state index in [1.165, 1.54) is 20.1 Å². The zero-order valence-electron chi connectivity index (χ0n) is 20.9. The van der Waals surface area contributed by atoms with Crippen LogP contribution in [0.3, 0.4) is 0 Å². The molecule has 39 heavy (non-hydrogen) atoms. The highest BCUT2D eigenvalue weighted by atomic mass is 16.7. The molecule has 0 spiro atoms. The number of benzene rings is 2. The fourth-order valence-corrected chi connectivity index (χ4v) is 4.67. The molecule has 0 saturated carbocycles. The van der Waals surface area contributed by atoms with Crippen molar-refractivity contribution >= 4 is 44.6 Å². The summed E-state index contributed by atoms with van der Waals surface area (Å²) in [7, 11) is 1.24. The minimum absolute atomic E-state index is 0.0123. The standard InChI is InChI=1S/C25H22O14/c1-7-16(29)21(35-8(2)26)22(36-9(3)27)25(34-7)39-18-12(28)5-10-15-14-11(24(32)38-20(15)18)6-13(33-4)17(30)19(14)37-23(10)31/h5-7,16,21-22,25,28-30H,1-4H3/t7-,16+,21+,22-,25-/m1/s1. The van der Waals surface area contributed by atoms with E-state index in [2.05, 4.69) is 0 Å². The Morgan fingerprint density at radius 2 is 1.46 bits per heavy atom. The minimum atomic E-state index is -1.60. The third-order valence-electron chi connectivity index (χ3n) is 6.33. The highest BCUT2D eigenvalue weighted by Crippen LogP contribution is 2.46. The second kappa shape index (κ2) is 9.32. The van der Waals surface area contributed by atoms with Crippen molar-refractivity contribution in [1.29, 1.82) is 0 Å². The summed E-state index contributed by atoms with van der Waals surface area (Å²) in [4.78, 5) is 49.4. The lowest BCUT2D eigenvalue weighted by Crippen LogP contribution is -2.60. The van der Waals surface area contributed by atoms with Crippen LogP contribution in [0.2, 0.25) is 0 Å². The van der Waals surface area contributed by atoms with Crippen LogP contribution in [0.5, 0.6) is 23.0 Å². The molecule has 5 rings (SSSR count). The Hall–Kier alpha value is -4.56. The van der Waals surface area contributed by atoms with Crippen LogP contribution < -0.4 is 20.7 Å². The van der Waals surface area contributed by atoms with Crippen LogP contribution in [0.25, 0.3) is 32.7 Å². The topological polar surface area (TPSA) is 201 Å². The first-order chi connectivity index (χ1) is 18.4. The summed E-state index contributed by atoms with van der Waals surface area (Å²) >= 11 is 0. The maximum atomic E-state index is 13.0. The third-order valence-corrected chi connectivity index (χ3v) is 6.33. The average molecular weight is 546 g/mol. The number of rotatable bonds is 5. The first-order valence-corrected chi connectivity index (χ1v) is 11.6. The summed E-state index contributed by atoms with van der Waals surface area (Å²) < 4.78 is 37.7. The Kier molecular flexibility index (Phi) is 6.23. The van der Waals surface area contributed by atoms with E-state index < -0.39 is 76.7 Å². The van der Waals surface area contributed by atoms with Crippen molar-refractivity contribution in [2.45, 2.75) is 51.5 Å². The molecule has 1 fully saturated rings. The summed E-state index contributed by atoms with van der Waals surface area (Å²) in [5, 5.41) is 31.6. The number of phenols is 2. The van der Waals surface area contributed by atoms with E-state index in [-0.39, 0.29) is 32.9 Å². The molecule has 0 radical (unpaired) electrons. The molecule has 1 aliphatic rings. The lowest BCUT2D eigenvalue weighted by molar-refractivity contribution is -0.277. The predicted octanol–water partition coefficient (Wildman–Crippen LogP) is 1.26. The van der Waals surface area contributed by atoms with Crippen LogP contribution in [0, 0.1) is 0 Å². The van der Waals surface area contributed by atoms with Gasteiger partial charge in [0.05, 0.1) is 24.0 Å². The van der Waals surface area contributed by atoms with Crippen LogP contribution in [-0.2, 0) is 23.8 Å². The number of methoxy groups -OCH3 is 1. The number of esters is 2. The molecule has 14 nitrogen and oxygen atoms in total. The largest absolute Gasteiger partial charge is 0.504 e. The smallest absolute Gasteiger partial charge is 0.344 e. The molecule has 4 aromatic rings. The van der Waals surface area contributed by atoms with Gasteiger partial charge < -0.3 is 47.8 Å². The van der Waals surface area contributed by atoms with Crippen LogP contribution in [-0.4, -0.2) is 65.1 Å². The van der Waals surface area contributed by atoms with E-state index >= 15 is 0 Å². The molecular weight excluding hydrogens is 524 g/mol. The number of aliphatic hydroxyl groups excluding tert-OH is 1. The van der Waals surface area contributed by atoms with Crippen molar-refractivity contribution in [3.8, 4) is 23.0 Å². The minimum Gasteiger partial charge on any atom is -0.504 e. The number of phenolic OH excluding ortho intramolecular Hbond substituents is 2. The van der Waals surface area contributed by atoms with E-state index in [1.807, 2.05) is 0 Å². The first kappa shape index (κ1) is 26.1. The quantitative estimate of drug-likeness (QED) is 0.183. The van der Waals surface area contributed by atoms with Crippen LogP contribution >= 0.6 is 0 Å². The molecule has 1 aliphatic heterocycles. The average Bonchev–Trinajstić information content (AvgIpc) is 2.86. The van der Waals surface area contributed by atoms with Gasteiger partial charge in [0.15, 0.2) is 28.8 Å². The second-order valence-electron chi connectivity index (χ2n) is 8.90. The highest BCUT2D eigenvalue weighted by Gasteiger charge is 2.49. The number of carbonyl (C=O) groups excluding carboxylic acids is 2. The van der Waals surface area contributed by atoms with Crippen LogP contribution in [0.15, 0.2) is 30.6 Å². The molecule has 0 bridgehead atoms. The predicted molar refractivity (Wildman–Crippen MR) is 129 cm³/mol. The Morgan fingerprint density at radius 1 is 0.897 bits per heavy atom. The Bertz CT molecular complexity index is 1730. The van der Waals surface area contributed by atoms with Gasteiger partial charge in [0.1, 0.15) is 6.10 Å². The van der Waals surface area contributed by atoms with Gasteiger partial charge in [0.2, 0.25) is 23.9 Å². The van der Waals surface area contributed by atoms with Crippen molar-refractivity contribution in [2.75, 3.05) is 7.11 Å². The molecule has 206 valence electrons. The molecule has 2 aromatic heterocycles. The van der Waals surface area contributed by atoms with Gasteiger partial charge in [-0.2, -0.15) is 0 Å². The van der Waals surface area contributed by atoms with Gasteiger partial charge in [-0.25, -0.2) is 9.59 Å². The number of aliphatic hydroxyl groups is 1. The number of hydrogen-bond donors (Lipinski definition) is 3. The molecule has 14 heteroatoms. The molecule has 1 saturated heterocycles. The molecular formula is C25H22O14. The lowest BCUT2D eigenvalue weighted by atomic mass is 9.99. The third kappa shape index (κ3) is 4.13. The van der Waals surface area contributed by atoms with Crippen molar-refractivity contribution in [3.05, 3.63) is 33.0 Å². The molecule has 0 unspecified atom stereocenters. The van der Waals surface area contributed by atoms with Gasteiger partial charge in [-0.3, -0.25) is 9.59 Å². The fourth-order valence-electron chi connectivity index (χ4n) is 4.67. The summed E-state index contributed by atoms with van der Waals surface area (Å²) in [6, 6.07) is 2.19. The highest BCUT2D eigenvalue weighted by molar-refractivity contribution is 6.22.